The van der Waals surface area contributed by atoms with Gasteiger partial charge in [-0.3, -0.25) is 9.69 Å². The van der Waals surface area contributed by atoms with Crippen LogP contribution in [-0.2, 0) is 18.4 Å². The molecule has 0 aliphatic carbocycles. The van der Waals surface area contributed by atoms with Crippen LogP contribution in [0.5, 0.6) is 5.75 Å². The van der Waals surface area contributed by atoms with Gasteiger partial charge >= 0.3 is 0 Å². The zero-order valence-corrected chi connectivity index (χ0v) is 14.5. The molecule has 1 aromatic heterocycles. The van der Waals surface area contributed by atoms with E-state index in [1.165, 1.54) is 5.56 Å². The highest BCUT2D eigenvalue weighted by molar-refractivity contribution is 5.73. The SMILES string of the molecule is COc1ccc([C@H]2CN(C(C)=O)CCN2Cc2nccn2C)cc1. The van der Waals surface area contributed by atoms with Gasteiger partial charge in [0.25, 0.3) is 0 Å². The van der Waals surface area contributed by atoms with Gasteiger partial charge in [0.05, 0.1) is 19.7 Å². The van der Waals surface area contributed by atoms with Gasteiger partial charge in [-0.1, -0.05) is 12.1 Å². The van der Waals surface area contributed by atoms with Gasteiger partial charge in [-0.25, -0.2) is 4.98 Å². The number of methoxy groups -OCH3 is 1. The van der Waals surface area contributed by atoms with Crippen LogP contribution in [0, 0.1) is 0 Å². The number of carbonyl (C=O) groups excluding carboxylic acids is 1. The smallest absolute Gasteiger partial charge is 0.219 e. The first-order chi connectivity index (χ1) is 11.6. The summed E-state index contributed by atoms with van der Waals surface area (Å²) in [5.41, 5.74) is 1.19. The number of hydrogen-bond donors (Lipinski definition) is 0. The molecular weight excluding hydrogens is 304 g/mol. The number of piperazine rings is 1. The summed E-state index contributed by atoms with van der Waals surface area (Å²) in [4.78, 5) is 20.6. The molecule has 24 heavy (non-hydrogen) atoms. The van der Waals surface area contributed by atoms with E-state index in [0.717, 1.165) is 31.2 Å². The molecule has 3 rings (SSSR count). The topological polar surface area (TPSA) is 50.6 Å². The van der Waals surface area contributed by atoms with Crippen molar-refractivity contribution < 1.29 is 9.53 Å². The monoisotopic (exact) mass is 328 g/mol. The van der Waals surface area contributed by atoms with Crippen molar-refractivity contribution in [2.75, 3.05) is 26.7 Å². The Labute approximate surface area is 142 Å². The highest BCUT2D eigenvalue weighted by atomic mass is 16.5. The number of aromatic nitrogens is 2. The van der Waals surface area contributed by atoms with E-state index in [9.17, 15) is 4.79 Å². The molecule has 0 bridgehead atoms. The van der Waals surface area contributed by atoms with Gasteiger partial charge in [0.2, 0.25) is 5.91 Å². The quantitative estimate of drug-likeness (QED) is 0.859. The fourth-order valence-corrected chi connectivity index (χ4v) is 3.17. The number of benzene rings is 1. The molecule has 6 nitrogen and oxygen atoms in total. The molecule has 0 saturated carbocycles. The number of hydrogen-bond acceptors (Lipinski definition) is 4. The fourth-order valence-electron chi connectivity index (χ4n) is 3.17. The van der Waals surface area contributed by atoms with Crippen LogP contribution >= 0.6 is 0 Å². The average Bonchev–Trinajstić information content (AvgIpc) is 3.00. The summed E-state index contributed by atoms with van der Waals surface area (Å²) in [6.07, 6.45) is 3.78. The van der Waals surface area contributed by atoms with E-state index >= 15 is 0 Å². The average molecular weight is 328 g/mol. The lowest BCUT2D eigenvalue weighted by atomic mass is 10.0. The zero-order valence-electron chi connectivity index (χ0n) is 14.5. The number of ether oxygens (including phenoxy) is 1. The number of aryl methyl sites for hydroxylation is 1. The van der Waals surface area contributed by atoms with E-state index in [0.29, 0.717) is 6.54 Å². The summed E-state index contributed by atoms with van der Waals surface area (Å²) in [6.45, 7) is 4.70. The van der Waals surface area contributed by atoms with Gasteiger partial charge in [-0.05, 0) is 17.7 Å². The van der Waals surface area contributed by atoms with E-state index in [2.05, 4.69) is 22.0 Å². The number of rotatable bonds is 4. The largest absolute Gasteiger partial charge is 0.497 e. The molecule has 0 unspecified atom stereocenters. The van der Waals surface area contributed by atoms with Crippen molar-refractivity contribution in [1.82, 2.24) is 19.4 Å². The Bertz CT molecular complexity index is 695. The maximum absolute atomic E-state index is 11.8. The van der Waals surface area contributed by atoms with Crippen LogP contribution in [0.3, 0.4) is 0 Å². The van der Waals surface area contributed by atoms with Crippen molar-refractivity contribution in [3.8, 4) is 5.75 Å². The minimum atomic E-state index is 0.130. The second-order valence-electron chi connectivity index (χ2n) is 6.18. The molecule has 6 heteroatoms. The molecule has 1 saturated heterocycles. The number of amides is 1. The Morgan fingerprint density at radius 1 is 1.29 bits per heavy atom. The van der Waals surface area contributed by atoms with Crippen LogP contribution in [0.25, 0.3) is 0 Å². The van der Waals surface area contributed by atoms with Crippen molar-refractivity contribution in [1.29, 1.82) is 0 Å². The van der Waals surface area contributed by atoms with Crippen molar-refractivity contribution in [3.05, 3.63) is 48.0 Å². The Morgan fingerprint density at radius 3 is 2.62 bits per heavy atom. The summed E-state index contributed by atoms with van der Waals surface area (Å²) >= 11 is 0. The number of nitrogens with zero attached hydrogens (tertiary/aromatic N) is 4. The minimum Gasteiger partial charge on any atom is -0.497 e. The molecular formula is C18H24N4O2. The molecule has 1 aliphatic rings. The van der Waals surface area contributed by atoms with Gasteiger partial charge in [-0.15, -0.1) is 0 Å². The summed E-state index contributed by atoms with van der Waals surface area (Å²) in [5, 5.41) is 0. The maximum atomic E-state index is 11.8. The normalized spacial score (nSPS) is 18.6. The van der Waals surface area contributed by atoms with Gasteiger partial charge in [0, 0.05) is 46.0 Å². The van der Waals surface area contributed by atoms with Gasteiger partial charge in [0.15, 0.2) is 0 Å². The summed E-state index contributed by atoms with van der Waals surface area (Å²) in [5.74, 6) is 2.00. The molecule has 2 heterocycles. The molecule has 1 aromatic carbocycles. The van der Waals surface area contributed by atoms with E-state index in [-0.39, 0.29) is 11.9 Å². The Hall–Kier alpha value is -2.34. The third-order valence-corrected chi connectivity index (χ3v) is 4.70. The van der Waals surface area contributed by atoms with E-state index in [4.69, 9.17) is 4.74 Å². The summed E-state index contributed by atoms with van der Waals surface area (Å²) in [6, 6.07) is 8.27. The highest BCUT2D eigenvalue weighted by Gasteiger charge is 2.30. The lowest BCUT2D eigenvalue weighted by Crippen LogP contribution is -2.49. The predicted octanol–water partition coefficient (Wildman–Crippen LogP) is 1.83. The second kappa shape index (κ2) is 7.05. The molecule has 1 amide bonds. The molecule has 2 aromatic rings. The fraction of sp³-hybridized carbons (Fsp3) is 0.444. The Morgan fingerprint density at radius 2 is 2.04 bits per heavy atom. The molecule has 0 spiro atoms. The summed E-state index contributed by atoms with van der Waals surface area (Å²) in [7, 11) is 3.68. The maximum Gasteiger partial charge on any atom is 0.219 e. The first kappa shape index (κ1) is 16.5. The van der Waals surface area contributed by atoms with Crippen LogP contribution in [0.4, 0.5) is 0 Å². The lowest BCUT2D eigenvalue weighted by molar-refractivity contribution is -0.132. The minimum absolute atomic E-state index is 0.130. The molecule has 0 N–H and O–H groups in total. The van der Waals surface area contributed by atoms with Gasteiger partial charge in [-0.2, -0.15) is 0 Å². The number of imidazole rings is 1. The van der Waals surface area contributed by atoms with Crippen LogP contribution < -0.4 is 4.74 Å². The molecule has 1 atom stereocenters. The van der Waals surface area contributed by atoms with Crippen LogP contribution in [0.2, 0.25) is 0 Å². The van der Waals surface area contributed by atoms with Crippen molar-refractivity contribution >= 4 is 5.91 Å². The van der Waals surface area contributed by atoms with Crippen LogP contribution in [0.1, 0.15) is 24.4 Å². The van der Waals surface area contributed by atoms with Crippen molar-refractivity contribution in [2.24, 2.45) is 7.05 Å². The van der Waals surface area contributed by atoms with Crippen LogP contribution in [0.15, 0.2) is 36.7 Å². The molecule has 128 valence electrons. The number of carbonyl (C=O) groups is 1. The van der Waals surface area contributed by atoms with E-state index < -0.39 is 0 Å². The van der Waals surface area contributed by atoms with Crippen LogP contribution in [-0.4, -0.2) is 52.0 Å². The van der Waals surface area contributed by atoms with E-state index in [1.807, 2.05) is 41.0 Å². The van der Waals surface area contributed by atoms with E-state index in [1.54, 1.807) is 14.0 Å². The Kier molecular flexibility index (Phi) is 4.85. The van der Waals surface area contributed by atoms with Crippen molar-refractivity contribution in [3.63, 3.8) is 0 Å². The first-order valence-corrected chi connectivity index (χ1v) is 8.18. The molecule has 1 fully saturated rings. The molecule has 1 aliphatic heterocycles. The predicted molar refractivity (Wildman–Crippen MR) is 91.6 cm³/mol. The molecule has 0 radical (unpaired) electrons. The Balaban J connectivity index is 1.84. The van der Waals surface area contributed by atoms with Gasteiger partial charge in [0.1, 0.15) is 11.6 Å². The zero-order chi connectivity index (χ0) is 17.1. The third kappa shape index (κ3) is 3.43. The summed E-state index contributed by atoms with van der Waals surface area (Å²) < 4.78 is 7.30. The van der Waals surface area contributed by atoms with Crippen molar-refractivity contribution in [2.45, 2.75) is 19.5 Å². The first-order valence-electron chi connectivity index (χ1n) is 8.18. The van der Waals surface area contributed by atoms with Gasteiger partial charge < -0.3 is 14.2 Å². The highest BCUT2D eigenvalue weighted by Crippen LogP contribution is 2.28. The lowest BCUT2D eigenvalue weighted by Gasteiger charge is -2.41. The second-order valence-corrected chi connectivity index (χ2v) is 6.18. The third-order valence-electron chi connectivity index (χ3n) is 4.70. The standard InChI is InChI=1S/C18H24N4O2/c1-14(23)21-10-11-22(13-18-19-8-9-20(18)2)17(12-21)15-4-6-16(24-3)7-5-15/h4-9,17H,10-13H2,1-3H3/t17-/m1/s1.